The van der Waals surface area contributed by atoms with Crippen LogP contribution in [0.4, 0.5) is 0 Å². The fraction of sp³-hybridized carbons (Fsp3) is 0.257. The SMILES string of the molecule is CCOC(=O)C1=C(C)N=c2s/c(=C/c3cc(OC)c(OCc4ccc(C(=O)O)cc4)cc3Br)c(=O)n2[C@H]1c1ccccc1OC(C)C. The van der Waals surface area contributed by atoms with Gasteiger partial charge in [-0.05, 0) is 75.2 Å². The number of halogens is 1. The number of nitrogens with zero attached hydrogens (tertiary/aromatic N) is 2. The molecular weight excluding hydrogens is 688 g/mol. The number of methoxy groups -OCH3 is 1. The lowest BCUT2D eigenvalue weighted by atomic mass is 9.95. The van der Waals surface area contributed by atoms with Gasteiger partial charge >= 0.3 is 11.9 Å². The second kappa shape index (κ2) is 14.4. The first-order chi connectivity index (χ1) is 22.5. The molecule has 10 nitrogen and oxygen atoms in total. The Morgan fingerprint density at radius 2 is 1.81 bits per heavy atom. The van der Waals surface area contributed by atoms with Gasteiger partial charge in [0.25, 0.3) is 5.56 Å². The fourth-order valence-corrected chi connectivity index (χ4v) is 6.61. The van der Waals surface area contributed by atoms with Crippen LogP contribution in [0.2, 0.25) is 0 Å². The molecule has 12 heteroatoms. The summed E-state index contributed by atoms with van der Waals surface area (Å²) in [5.74, 6) is -0.0990. The van der Waals surface area contributed by atoms with Crippen molar-refractivity contribution in [3.8, 4) is 17.2 Å². The molecule has 0 radical (unpaired) electrons. The Labute approximate surface area is 283 Å². The zero-order valence-corrected chi connectivity index (χ0v) is 28.8. The Kier molecular flexibility index (Phi) is 10.3. The van der Waals surface area contributed by atoms with Crippen LogP contribution in [0.1, 0.15) is 60.8 Å². The summed E-state index contributed by atoms with van der Waals surface area (Å²) < 4.78 is 25.7. The van der Waals surface area contributed by atoms with Crippen molar-refractivity contribution in [1.82, 2.24) is 4.57 Å². The summed E-state index contributed by atoms with van der Waals surface area (Å²) in [5.41, 5.74) is 2.68. The summed E-state index contributed by atoms with van der Waals surface area (Å²) in [4.78, 5) is 43.8. The number of aromatic nitrogens is 1. The number of para-hydroxylation sites is 1. The Morgan fingerprint density at radius 1 is 1.09 bits per heavy atom. The number of carbonyl (C=O) groups is 2. The van der Waals surface area contributed by atoms with Crippen molar-refractivity contribution in [2.24, 2.45) is 4.99 Å². The minimum absolute atomic E-state index is 0.139. The van der Waals surface area contributed by atoms with Gasteiger partial charge in [-0.15, -0.1) is 0 Å². The van der Waals surface area contributed by atoms with Crippen molar-refractivity contribution in [2.75, 3.05) is 13.7 Å². The van der Waals surface area contributed by atoms with Crippen molar-refractivity contribution in [1.29, 1.82) is 0 Å². The molecule has 4 aromatic rings. The molecule has 1 aliphatic heterocycles. The number of carboxylic acids is 1. The van der Waals surface area contributed by atoms with Crippen LogP contribution in [0.25, 0.3) is 6.08 Å². The lowest BCUT2D eigenvalue weighted by Gasteiger charge is -2.26. The molecule has 0 bridgehead atoms. The number of aromatic carboxylic acids is 1. The van der Waals surface area contributed by atoms with Gasteiger partial charge in [0.15, 0.2) is 16.3 Å². The van der Waals surface area contributed by atoms with Crippen LogP contribution in [0.5, 0.6) is 17.2 Å². The average Bonchev–Trinajstić information content (AvgIpc) is 3.34. The molecule has 47 heavy (non-hydrogen) atoms. The predicted molar refractivity (Wildman–Crippen MR) is 181 cm³/mol. The normalized spacial score (nSPS) is 14.4. The third kappa shape index (κ3) is 7.18. The number of hydrogen-bond acceptors (Lipinski definition) is 9. The first kappa shape index (κ1) is 33.7. The van der Waals surface area contributed by atoms with E-state index in [9.17, 15) is 14.4 Å². The smallest absolute Gasteiger partial charge is 0.338 e. The number of allylic oxidation sites excluding steroid dienone is 1. The van der Waals surface area contributed by atoms with E-state index in [1.807, 2.05) is 38.1 Å². The Bertz CT molecular complexity index is 2050. The first-order valence-electron chi connectivity index (χ1n) is 14.8. The van der Waals surface area contributed by atoms with E-state index in [0.717, 1.165) is 5.56 Å². The summed E-state index contributed by atoms with van der Waals surface area (Å²) in [6.45, 7) is 7.65. The van der Waals surface area contributed by atoms with E-state index in [1.54, 1.807) is 44.2 Å². The van der Waals surface area contributed by atoms with Gasteiger partial charge in [0, 0.05) is 10.0 Å². The molecule has 1 atom stereocenters. The number of fused-ring (bicyclic) bond motifs is 1. The Balaban J connectivity index is 1.57. The molecule has 0 amide bonds. The summed E-state index contributed by atoms with van der Waals surface area (Å²) in [7, 11) is 1.52. The van der Waals surface area contributed by atoms with Crippen LogP contribution in [0, 0.1) is 0 Å². The molecule has 5 rings (SSSR count). The van der Waals surface area contributed by atoms with E-state index < -0.39 is 18.0 Å². The number of thiazole rings is 1. The third-order valence-electron chi connectivity index (χ3n) is 7.26. The molecule has 244 valence electrons. The van der Waals surface area contributed by atoms with Gasteiger partial charge < -0.3 is 24.1 Å². The topological polar surface area (TPSA) is 126 Å². The number of esters is 1. The molecule has 0 fully saturated rings. The second-order valence-electron chi connectivity index (χ2n) is 10.8. The van der Waals surface area contributed by atoms with Crippen LogP contribution in [0.3, 0.4) is 0 Å². The number of benzene rings is 3. The number of carbonyl (C=O) groups excluding carboxylic acids is 1. The predicted octanol–water partition coefficient (Wildman–Crippen LogP) is 5.63. The zero-order chi connectivity index (χ0) is 33.8. The third-order valence-corrected chi connectivity index (χ3v) is 8.93. The molecular formula is C35H33BrN2O8S. The molecule has 0 aliphatic carbocycles. The summed E-state index contributed by atoms with van der Waals surface area (Å²) in [5, 5.41) is 9.14. The highest BCUT2D eigenvalue weighted by Gasteiger charge is 2.35. The van der Waals surface area contributed by atoms with Crippen molar-refractivity contribution < 1.29 is 33.6 Å². The minimum Gasteiger partial charge on any atom is -0.493 e. The molecule has 0 saturated carbocycles. The van der Waals surface area contributed by atoms with Crippen LogP contribution in [-0.4, -0.2) is 41.4 Å². The molecule has 3 aromatic carbocycles. The molecule has 2 heterocycles. The minimum atomic E-state index is -0.999. The molecule has 1 N–H and O–H groups in total. The van der Waals surface area contributed by atoms with Gasteiger partial charge in [-0.2, -0.15) is 0 Å². The highest BCUT2D eigenvalue weighted by molar-refractivity contribution is 9.10. The summed E-state index contributed by atoms with van der Waals surface area (Å²) in [6, 6.07) is 16.5. The lowest BCUT2D eigenvalue weighted by molar-refractivity contribution is -0.139. The van der Waals surface area contributed by atoms with Crippen LogP contribution in [0.15, 0.2) is 86.2 Å². The van der Waals surface area contributed by atoms with E-state index in [-0.39, 0.29) is 36.0 Å². The molecule has 0 unspecified atom stereocenters. The Morgan fingerprint density at radius 3 is 2.47 bits per heavy atom. The van der Waals surface area contributed by atoms with Crippen molar-refractivity contribution in [3.05, 3.63) is 118 Å². The lowest BCUT2D eigenvalue weighted by Crippen LogP contribution is -2.40. The maximum atomic E-state index is 14.2. The average molecular weight is 722 g/mol. The van der Waals surface area contributed by atoms with Crippen LogP contribution < -0.4 is 29.1 Å². The molecule has 1 aromatic heterocycles. The first-order valence-corrected chi connectivity index (χ1v) is 16.4. The van der Waals surface area contributed by atoms with E-state index in [1.165, 1.54) is 35.1 Å². The van der Waals surface area contributed by atoms with Crippen molar-refractivity contribution in [2.45, 2.75) is 46.4 Å². The van der Waals surface area contributed by atoms with Gasteiger partial charge in [-0.1, -0.05) is 57.6 Å². The number of hydrogen-bond donors (Lipinski definition) is 1. The highest BCUT2D eigenvalue weighted by atomic mass is 79.9. The zero-order valence-electron chi connectivity index (χ0n) is 26.4. The fourth-order valence-electron chi connectivity index (χ4n) is 5.13. The van der Waals surface area contributed by atoms with Gasteiger partial charge in [0.1, 0.15) is 18.4 Å². The maximum Gasteiger partial charge on any atom is 0.338 e. The van der Waals surface area contributed by atoms with Crippen LogP contribution >= 0.6 is 27.3 Å². The van der Waals surface area contributed by atoms with Gasteiger partial charge in [-0.3, -0.25) is 9.36 Å². The molecule has 1 aliphatic rings. The van der Waals surface area contributed by atoms with Gasteiger partial charge in [0.2, 0.25) is 0 Å². The van der Waals surface area contributed by atoms with Gasteiger partial charge in [-0.25, -0.2) is 14.6 Å². The van der Waals surface area contributed by atoms with E-state index in [2.05, 4.69) is 20.9 Å². The van der Waals surface area contributed by atoms with Crippen molar-refractivity contribution >= 4 is 45.3 Å². The Hall–Kier alpha value is -4.68. The monoisotopic (exact) mass is 720 g/mol. The largest absolute Gasteiger partial charge is 0.493 e. The second-order valence-corrected chi connectivity index (χ2v) is 12.7. The summed E-state index contributed by atoms with van der Waals surface area (Å²) in [6.07, 6.45) is 1.60. The molecule has 0 spiro atoms. The van der Waals surface area contributed by atoms with E-state index in [4.69, 9.17) is 24.1 Å². The quantitative estimate of drug-likeness (QED) is 0.198. The number of ether oxygens (including phenoxy) is 4. The number of rotatable bonds is 11. The maximum absolute atomic E-state index is 14.2. The number of carboxylic acid groups (broad SMARTS) is 1. The highest BCUT2D eigenvalue weighted by Crippen LogP contribution is 2.37. The van der Waals surface area contributed by atoms with Crippen LogP contribution in [-0.2, 0) is 16.1 Å². The standard InChI is InChI=1S/C35H33BrN2O8S/c1-6-44-34(42)30-20(4)37-35-38(31(30)24-9-7-8-10-26(24)46-19(2)3)32(39)29(47-35)16-23-15-27(43-5)28(17-25(23)36)45-18-21-11-13-22(14-12-21)33(40)41/h7-17,19,31H,6,18H2,1-5H3,(H,40,41)/b29-16+/t31-/m0/s1. The van der Waals surface area contributed by atoms with Crippen molar-refractivity contribution in [3.63, 3.8) is 0 Å². The molecule has 0 saturated heterocycles. The van der Waals surface area contributed by atoms with E-state index in [0.29, 0.717) is 47.9 Å². The summed E-state index contributed by atoms with van der Waals surface area (Å²) >= 11 is 4.82. The van der Waals surface area contributed by atoms with Gasteiger partial charge in [0.05, 0.1) is 41.2 Å². The van der Waals surface area contributed by atoms with E-state index >= 15 is 0 Å².